The van der Waals surface area contributed by atoms with Crippen LogP contribution in [0, 0.1) is 0 Å². The van der Waals surface area contributed by atoms with E-state index in [-0.39, 0.29) is 11.9 Å². The zero-order valence-corrected chi connectivity index (χ0v) is 12.9. The first-order valence-corrected chi connectivity index (χ1v) is 8.87. The van der Waals surface area contributed by atoms with Crippen molar-refractivity contribution in [3.05, 3.63) is 29.8 Å². The predicted octanol–water partition coefficient (Wildman–Crippen LogP) is 2.34. The minimum Gasteiger partial charge on any atom is -0.322 e. The van der Waals surface area contributed by atoms with Gasteiger partial charge in [0.1, 0.15) is 5.54 Å². The van der Waals surface area contributed by atoms with Gasteiger partial charge in [0.15, 0.2) is 0 Å². The molecular formula is C14H16N2O2S2. The third-order valence-corrected chi connectivity index (χ3v) is 5.70. The number of carbonyl (C=O) groups is 2. The Bertz CT molecular complexity index is 539. The SMILES string of the molecule is CSc1ccc(CN2C(=O)N[C@]3(CCSC3)C2=O)cc1. The first kappa shape index (κ1) is 13.8. The first-order valence-electron chi connectivity index (χ1n) is 6.49. The van der Waals surface area contributed by atoms with Crippen molar-refractivity contribution in [2.45, 2.75) is 23.4 Å². The van der Waals surface area contributed by atoms with Crippen LogP contribution in [0.4, 0.5) is 4.79 Å². The van der Waals surface area contributed by atoms with Crippen molar-refractivity contribution >= 4 is 35.5 Å². The molecule has 1 atom stereocenters. The summed E-state index contributed by atoms with van der Waals surface area (Å²) in [5, 5.41) is 2.88. The predicted molar refractivity (Wildman–Crippen MR) is 82.0 cm³/mol. The third kappa shape index (κ3) is 2.31. The molecule has 1 aromatic carbocycles. The van der Waals surface area contributed by atoms with Crippen LogP contribution in [0.3, 0.4) is 0 Å². The standard InChI is InChI=1S/C14H16N2O2S2/c1-19-11-4-2-10(3-5-11)8-16-12(17)14(15-13(16)18)6-7-20-9-14/h2-5H,6-9H2,1H3,(H,15,18)/t14-/m0/s1. The van der Waals surface area contributed by atoms with Crippen LogP contribution < -0.4 is 5.32 Å². The van der Waals surface area contributed by atoms with Crippen LogP contribution in [0.2, 0.25) is 0 Å². The van der Waals surface area contributed by atoms with E-state index in [1.807, 2.05) is 30.5 Å². The first-order chi connectivity index (χ1) is 9.64. The molecule has 2 fully saturated rings. The number of nitrogens with zero attached hydrogens (tertiary/aromatic N) is 1. The molecule has 0 saturated carbocycles. The molecule has 1 spiro atoms. The van der Waals surface area contributed by atoms with Gasteiger partial charge in [-0.3, -0.25) is 9.69 Å². The Morgan fingerprint density at radius 2 is 2.10 bits per heavy atom. The fourth-order valence-electron chi connectivity index (χ4n) is 2.57. The van der Waals surface area contributed by atoms with Gasteiger partial charge in [-0.25, -0.2) is 4.79 Å². The van der Waals surface area contributed by atoms with Crippen LogP contribution in [-0.4, -0.2) is 40.1 Å². The highest BCUT2D eigenvalue weighted by molar-refractivity contribution is 7.99. The molecule has 2 saturated heterocycles. The Morgan fingerprint density at radius 1 is 1.35 bits per heavy atom. The lowest BCUT2D eigenvalue weighted by Gasteiger charge is -2.19. The highest BCUT2D eigenvalue weighted by atomic mass is 32.2. The Hall–Kier alpha value is -1.14. The van der Waals surface area contributed by atoms with Crippen LogP contribution in [-0.2, 0) is 11.3 Å². The molecule has 4 nitrogen and oxygen atoms in total. The maximum absolute atomic E-state index is 12.5. The molecule has 6 heteroatoms. The summed E-state index contributed by atoms with van der Waals surface area (Å²) in [6.45, 7) is 0.353. The van der Waals surface area contributed by atoms with E-state index >= 15 is 0 Å². The van der Waals surface area contributed by atoms with Gasteiger partial charge in [-0.2, -0.15) is 11.8 Å². The van der Waals surface area contributed by atoms with E-state index in [1.54, 1.807) is 23.5 Å². The summed E-state index contributed by atoms with van der Waals surface area (Å²) < 4.78 is 0. The van der Waals surface area contributed by atoms with Crippen molar-refractivity contribution in [3.63, 3.8) is 0 Å². The summed E-state index contributed by atoms with van der Waals surface area (Å²) in [6.07, 6.45) is 2.76. The molecule has 0 unspecified atom stereocenters. The third-order valence-electron chi connectivity index (χ3n) is 3.77. The summed E-state index contributed by atoms with van der Waals surface area (Å²) >= 11 is 3.40. The molecule has 20 heavy (non-hydrogen) atoms. The van der Waals surface area contributed by atoms with Crippen LogP contribution in [0.25, 0.3) is 0 Å². The average Bonchev–Trinajstić information content (AvgIpc) is 3.01. The zero-order valence-electron chi connectivity index (χ0n) is 11.2. The number of thioether (sulfide) groups is 2. The summed E-state index contributed by atoms with van der Waals surface area (Å²) in [4.78, 5) is 27.1. The second-order valence-electron chi connectivity index (χ2n) is 5.05. The monoisotopic (exact) mass is 308 g/mol. The number of carbonyl (C=O) groups excluding carboxylic acids is 2. The minimum absolute atomic E-state index is 0.0681. The van der Waals surface area contributed by atoms with E-state index in [0.29, 0.717) is 12.3 Å². The van der Waals surface area contributed by atoms with Crippen LogP contribution in [0.5, 0.6) is 0 Å². The van der Waals surface area contributed by atoms with Crippen molar-refractivity contribution in [3.8, 4) is 0 Å². The second-order valence-corrected chi connectivity index (χ2v) is 7.04. The average molecular weight is 308 g/mol. The largest absolute Gasteiger partial charge is 0.325 e. The summed E-state index contributed by atoms with van der Waals surface area (Å²) in [5.74, 6) is 1.56. The Kier molecular flexibility index (Phi) is 3.69. The molecule has 2 aliphatic rings. The number of rotatable bonds is 3. The van der Waals surface area contributed by atoms with E-state index in [1.165, 1.54) is 9.80 Å². The molecule has 0 bridgehead atoms. The quantitative estimate of drug-likeness (QED) is 0.688. The van der Waals surface area contributed by atoms with Gasteiger partial charge in [0.2, 0.25) is 0 Å². The maximum Gasteiger partial charge on any atom is 0.325 e. The molecule has 0 aromatic heterocycles. The van der Waals surface area contributed by atoms with Gasteiger partial charge in [0.25, 0.3) is 5.91 Å². The molecule has 3 rings (SSSR count). The van der Waals surface area contributed by atoms with Gasteiger partial charge in [-0.1, -0.05) is 12.1 Å². The van der Waals surface area contributed by atoms with Gasteiger partial charge in [0.05, 0.1) is 6.54 Å². The Balaban J connectivity index is 1.76. The van der Waals surface area contributed by atoms with E-state index in [2.05, 4.69) is 5.32 Å². The molecule has 1 aromatic rings. The summed E-state index contributed by atoms with van der Waals surface area (Å²) in [7, 11) is 0. The summed E-state index contributed by atoms with van der Waals surface area (Å²) in [5.41, 5.74) is 0.343. The van der Waals surface area contributed by atoms with Crippen molar-refractivity contribution < 1.29 is 9.59 Å². The maximum atomic E-state index is 12.5. The lowest BCUT2D eigenvalue weighted by Crippen LogP contribution is -2.46. The topological polar surface area (TPSA) is 49.4 Å². The van der Waals surface area contributed by atoms with Crippen LogP contribution >= 0.6 is 23.5 Å². The van der Waals surface area contributed by atoms with Crippen molar-refractivity contribution in [1.82, 2.24) is 10.2 Å². The second kappa shape index (κ2) is 5.33. The van der Waals surface area contributed by atoms with Crippen LogP contribution in [0.15, 0.2) is 29.2 Å². The number of nitrogens with one attached hydrogen (secondary N) is 1. The fourth-order valence-corrected chi connectivity index (χ4v) is 4.30. The van der Waals surface area contributed by atoms with E-state index in [0.717, 1.165) is 17.7 Å². The van der Waals surface area contributed by atoms with Gasteiger partial charge in [0, 0.05) is 10.6 Å². The highest BCUT2D eigenvalue weighted by Gasteiger charge is 2.52. The van der Waals surface area contributed by atoms with Crippen molar-refractivity contribution in [1.29, 1.82) is 0 Å². The number of amides is 3. The molecule has 2 heterocycles. The number of urea groups is 1. The van der Waals surface area contributed by atoms with Crippen molar-refractivity contribution in [2.75, 3.05) is 17.8 Å². The minimum atomic E-state index is -0.638. The normalized spacial score (nSPS) is 25.6. The molecule has 0 aliphatic carbocycles. The lowest BCUT2D eigenvalue weighted by atomic mass is 9.99. The van der Waals surface area contributed by atoms with E-state index in [4.69, 9.17) is 0 Å². The fraction of sp³-hybridized carbons (Fsp3) is 0.429. The Morgan fingerprint density at radius 3 is 2.70 bits per heavy atom. The van der Waals surface area contributed by atoms with Gasteiger partial charge in [-0.05, 0) is 36.1 Å². The molecule has 0 radical (unpaired) electrons. The smallest absolute Gasteiger partial charge is 0.322 e. The number of benzene rings is 1. The van der Waals surface area contributed by atoms with Crippen molar-refractivity contribution in [2.24, 2.45) is 0 Å². The lowest BCUT2D eigenvalue weighted by molar-refractivity contribution is -0.130. The molecule has 106 valence electrons. The van der Waals surface area contributed by atoms with E-state index in [9.17, 15) is 9.59 Å². The Labute approximate surface area is 126 Å². The molecule has 3 amide bonds. The van der Waals surface area contributed by atoms with Gasteiger partial charge >= 0.3 is 6.03 Å². The summed E-state index contributed by atoms with van der Waals surface area (Å²) in [6, 6.07) is 7.72. The highest BCUT2D eigenvalue weighted by Crippen LogP contribution is 2.34. The van der Waals surface area contributed by atoms with Crippen LogP contribution in [0.1, 0.15) is 12.0 Å². The zero-order chi connectivity index (χ0) is 14.2. The molecular weight excluding hydrogens is 292 g/mol. The number of hydrogen-bond acceptors (Lipinski definition) is 4. The number of imide groups is 1. The molecule has 1 N–H and O–H groups in total. The van der Waals surface area contributed by atoms with Gasteiger partial charge < -0.3 is 5.32 Å². The molecule has 2 aliphatic heterocycles. The van der Waals surface area contributed by atoms with Gasteiger partial charge in [-0.15, -0.1) is 11.8 Å². The van der Waals surface area contributed by atoms with E-state index < -0.39 is 5.54 Å². The number of hydrogen-bond donors (Lipinski definition) is 1.